The summed E-state index contributed by atoms with van der Waals surface area (Å²) in [5.41, 5.74) is 2.87. The third-order valence-corrected chi connectivity index (χ3v) is 3.10. The predicted octanol–water partition coefficient (Wildman–Crippen LogP) is 2.98. The molecule has 0 saturated heterocycles. The second-order valence-electron chi connectivity index (χ2n) is 4.20. The Morgan fingerprint density at radius 1 is 0.895 bits per heavy atom. The maximum absolute atomic E-state index is 11.3. The molecule has 2 rings (SSSR count). The lowest BCUT2D eigenvalue weighted by atomic mass is 10.2. The zero-order chi connectivity index (χ0) is 13.9. The van der Waals surface area contributed by atoms with E-state index in [1.165, 1.54) is 0 Å². The Morgan fingerprint density at radius 2 is 1.42 bits per heavy atom. The molecule has 5 heteroatoms. The van der Waals surface area contributed by atoms with Crippen molar-refractivity contribution in [1.82, 2.24) is 0 Å². The van der Waals surface area contributed by atoms with Gasteiger partial charge in [-0.1, -0.05) is 30.3 Å². The van der Waals surface area contributed by atoms with E-state index in [1.54, 1.807) is 18.2 Å². The van der Waals surface area contributed by atoms with Gasteiger partial charge < -0.3 is 5.32 Å². The summed E-state index contributed by atoms with van der Waals surface area (Å²) >= 11 is 0. The van der Waals surface area contributed by atoms with Crippen molar-refractivity contribution in [3.8, 4) is 0 Å². The first kappa shape index (κ1) is 13.4. The van der Waals surface area contributed by atoms with Crippen LogP contribution >= 0.6 is 0 Å². The SMILES string of the molecule is [CH2]c1ccccc1Nc1ccccc1NS(C)(=O)=O. The number of benzene rings is 2. The van der Waals surface area contributed by atoms with E-state index in [-0.39, 0.29) is 0 Å². The minimum atomic E-state index is -3.31. The average molecular weight is 275 g/mol. The van der Waals surface area contributed by atoms with Gasteiger partial charge in [-0.2, -0.15) is 0 Å². The van der Waals surface area contributed by atoms with E-state index < -0.39 is 10.0 Å². The van der Waals surface area contributed by atoms with Crippen LogP contribution in [0.1, 0.15) is 5.56 Å². The Labute approximate surface area is 113 Å². The molecular formula is C14H15N2O2S. The Bertz CT molecular complexity index is 681. The van der Waals surface area contributed by atoms with Crippen LogP contribution in [0.2, 0.25) is 0 Å². The fourth-order valence-corrected chi connectivity index (χ4v) is 2.25. The summed E-state index contributed by atoms with van der Waals surface area (Å²) in [6.45, 7) is 3.92. The van der Waals surface area contributed by atoms with E-state index in [9.17, 15) is 8.42 Å². The summed E-state index contributed by atoms with van der Waals surface area (Å²) in [4.78, 5) is 0. The monoisotopic (exact) mass is 275 g/mol. The molecule has 19 heavy (non-hydrogen) atoms. The Hall–Kier alpha value is -2.01. The molecule has 0 saturated carbocycles. The van der Waals surface area contributed by atoms with Crippen molar-refractivity contribution in [2.75, 3.05) is 16.3 Å². The van der Waals surface area contributed by atoms with Gasteiger partial charge in [0.1, 0.15) is 0 Å². The van der Waals surface area contributed by atoms with Crippen LogP contribution in [-0.4, -0.2) is 14.7 Å². The van der Waals surface area contributed by atoms with Gasteiger partial charge in [0, 0.05) is 5.69 Å². The highest BCUT2D eigenvalue weighted by molar-refractivity contribution is 7.92. The molecule has 0 aliphatic rings. The summed E-state index contributed by atoms with van der Waals surface area (Å²) in [7, 11) is -3.31. The standard InChI is InChI=1S/C14H15N2O2S/c1-11-7-3-4-8-12(11)15-13-9-5-6-10-14(13)16-19(2,17)18/h3-10,15-16H,1H2,2H3. The summed E-state index contributed by atoms with van der Waals surface area (Å²) in [6, 6.07) is 14.7. The van der Waals surface area contributed by atoms with Crippen molar-refractivity contribution < 1.29 is 8.42 Å². The van der Waals surface area contributed by atoms with E-state index in [0.717, 1.165) is 17.5 Å². The van der Waals surface area contributed by atoms with E-state index in [0.29, 0.717) is 11.4 Å². The fraction of sp³-hybridized carbons (Fsp3) is 0.0714. The maximum Gasteiger partial charge on any atom is 0.229 e. The minimum absolute atomic E-state index is 0.508. The number of sulfonamides is 1. The molecule has 0 bridgehead atoms. The summed E-state index contributed by atoms with van der Waals surface area (Å²) in [5, 5.41) is 3.17. The molecule has 2 aromatic rings. The number of anilines is 3. The Kier molecular flexibility index (Phi) is 3.76. The predicted molar refractivity (Wildman–Crippen MR) is 79.1 cm³/mol. The lowest BCUT2D eigenvalue weighted by molar-refractivity contribution is 0.607. The first-order valence-corrected chi connectivity index (χ1v) is 7.60. The number of hydrogen-bond donors (Lipinski definition) is 2. The molecule has 0 spiro atoms. The van der Waals surface area contributed by atoms with Crippen LogP contribution < -0.4 is 10.0 Å². The molecule has 2 N–H and O–H groups in total. The Balaban J connectivity index is 2.33. The fourth-order valence-electron chi connectivity index (χ4n) is 1.67. The molecule has 0 unspecified atom stereocenters. The van der Waals surface area contributed by atoms with Gasteiger partial charge in [-0.3, -0.25) is 4.72 Å². The molecule has 0 aliphatic carbocycles. The van der Waals surface area contributed by atoms with Crippen LogP contribution in [0.15, 0.2) is 48.5 Å². The smallest absolute Gasteiger partial charge is 0.229 e. The van der Waals surface area contributed by atoms with Gasteiger partial charge in [-0.05, 0) is 30.7 Å². The molecule has 0 aromatic heterocycles. The number of hydrogen-bond acceptors (Lipinski definition) is 3. The highest BCUT2D eigenvalue weighted by Crippen LogP contribution is 2.27. The van der Waals surface area contributed by atoms with Crippen LogP contribution in [0.3, 0.4) is 0 Å². The van der Waals surface area contributed by atoms with Gasteiger partial charge in [0.2, 0.25) is 10.0 Å². The first-order chi connectivity index (χ1) is 8.96. The molecule has 0 atom stereocenters. The number of rotatable bonds is 4. The molecule has 4 nitrogen and oxygen atoms in total. The zero-order valence-electron chi connectivity index (χ0n) is 10.6. The average Bonchev–Trinajstić information content (AvgIpc) is 2.33. The highest BCUT2D eigenvalue weighted by atomic mass is 32.2. The molecule has 0 aliphatic heterocycles. The van der Waals surface area contributed by atoms with Crippen molar-refractivity contribution >= 4 is 27.1 Å². The van der Waals surface area contributed by atoms with Gasteiger partial charge in [0.15, 0.2) is 0 Å². The maximum atomic E-state index is 11.3. The topological polar surface area (TPSA) is 58.2 Å². The third-order valence-electron chi connectivity index (χ3n) is 2.51. The van der Waals surface area contributed by atoms with E-state index in [2.05, 4.69) is 17.0 Å². The zero-order valence-corrected chi connectivity index (χ0v) is 11.4. The van der Waals surface area contributed by atoms with Crippen molar-refractivity contribution in [2.45, 2.75) is 0 Å². The number of nitrogens with one attached hydrogen (secondary N) is 2. The normalized spacial score (nSPS) is 11.1. The van der Waals surface area contributed by atoms with E-state index in [1.807, 2.05) is 30.3 Å². The molecule has 99 valence electrons. The third kappa shape index (κ3) is 3.72. The molecule has 0 heterocycles. The second-order valence-corrected chi connectivity index (χ2v) is 5.95. The van der Waals surface area contributed by atoms with E-state index >= 15 is 0 Å². The molecule has 0 fully saturated rings. The van der Waals surface area contributed by atoms with Crippen molar-refractivity contribution in [3.63, 3.8) is 0 Å². The summed E-state index contributed by atoms with van der Waals surface area (Å²) in [6.07, 6.45) is 1.12. The summed E-state index contributed by atoms with van der Waals surface area (Å²) < 4.78 is 25.1. The molecular weight excluding hydrogens is 260 g/mol. The summed E-state index contributed by atoms with van der Waals surface area (Å²) in [5.74, 6) is 0. The largest absolute Gasteiger partial charge is 0.354 e. The van der Waals surface area contributed by atoms with E-state index in [4.69, 9.17) is 0 Å². The van der Waals surface area contributed by atoms with Gasteiger partial charge in [0.05, 0.1) is 17.6 Å². The second kappa shape index (κ2) is 5.32. The van der Waals surface area contributed by atoms with Crippen molar-refractivity contribution in [2.24, 2.45) is 0 Å². The first-order valence-electron chi connectivity index (χ1n) is 5.70. The lowest BCUT2D eigenvalue weighted by Gasteiger charge is -2.14. The van der Waals surface area contributed by atoms with Crippen LogP contribution in [0, 0.1) is 6.92 Å². The highest BCUT2D eigenvalue weighted by Gasteiger charge is 2.07. The van der Waals surface area contributed by atoms with Crippen LogP contribution in [-0.2, 0) is 10.0 Å². The van der Waals surface area contributed by atoms with Crippen LogP contribution in [0.5, 0.6) is 0 Å². The lowest BCUT2D eigenvalue weighted by Crippen LogP contribution is -2.11. The molecule has 2 aromatic carbocycles. The number of para-hydroxylation sites is 3. The van der Waals surface area contributed by atoms with Gasteiger partial charge in [-0.25, -0.2) is 8.42 Å². The van der Waals surface area contributed by atoms with Crippen LogP contribution in [0.25, 0.3) is 0 Å². The van der Waals surface area contributed by atoms with Gasteiger partial charge in [0.25, 0.3) is 0 Å². The van der Waals surface area contributed by atoms with Gasteiger partial charge in [-0.15, -0.1) is 0 Å². The van der Waals surface area contributed by atoms with Crippen molar-refractivity contribution in [1.29, 1.82) is 0 Å². The van der Waals surface area contributed by atoms with Crippen molar-refractivity contribution in [3.05, 3.63) is 61.0 Å². The molecule has 0 amide bonds. The molecule has 1 radical (unpaired) electrons. The minimum Gasteiger partial charge on any atom is -0.354 e. The van der Waals surface area contributed by atoms with Gasteiger partial charge >= 0.3 is 0 Å². The van der Waals surface area contributed by atoms with Crippen LogP contribution in [0.4, 0.5) is 17.1 Å². The quantitative estimate of drug-likeness (QED) is 0.902. The Morgan fingerprint density at radius 3 is 2.00 bits per heavy atom.